The number of ether oxygens (including phenoxy) is 1. The fourth-order valence-corrected chi connectivity index (χ4v) is 2.51. The smallest absolute Gasteiger partial charge is 0.330 e. The predicted molar refractivity (Wildman–Crippen MR) is 103 cm³/mol. The maximum absolute atomic E-state index is 14.2. The van der Waals surface area contributed by atoms with Crippen molar-refractivity contribution in [2.45, 2.75) is 34.6 Å². The molecular weight excluding hydrogens is 339 g/mol. The molecule has 0 spiro atoms. The second-order valence-corrected chi connectivity index (χ2v) is 6.35. The molecule has 0 aliphatic rings. The van der Waals surface area contributed by atoms with E-state index in [0.717, 1.165) is 27.3 Å². The van der Waals surface area contributed by atoms with Crippen LogP contribution in [0.4, 0.5) is 4.39 Å². The molecule has 2 nitrogen and oxygen atoms in total. The van der Waals surface area contributed by atoms with E-state index in [9.17, 15) is 9.18 Å². The molecule has 0 bridgehead atoms. The fourth-order valence-electron chi connectivity index (χ4n) is 2.35. The van der Waals surface area contributed by atoms with Gasteiger partial charge in [-0.25, -0.2) is 9.18 Å². The molecule has 0 saturated carbocycles. The number of benzene rings is 1. The average Bonchev–Trinajstić information content (AvgIpc) is 2.57. The van der Waals surface area contributed by atoms with Crippen molar-refractivity contribution in [3.8, 4) is 0 Å². The molecule has 0 saturated heterocycles. The van der Waals surface area contributed by atoms with Crippen LogP contribution in [0.1, 0.15) is 36.1 Å². The van der Waals surface area contributed by atoms with Gasteiger partial charge in [-0.1, -0.05) is 35.9 Å². The van der Waals surface area contributed by atoms with Gasteiger partial charge in [0.25, 0.3) is 0 Å². The van der Waals surface area contributed by atoms with E-state index in [1.165, 1.54) is 25.3 Å². The highest BCUT2D eigenvalue weighted by molar-refractivity contribution is 6.32. The Morgan fingerprint density at radius 1 is 1.12 bits per heavy atom. The number of aryl methyl sites for hydroxylation is 2. The lowest BCUT2D eigenvalue weighted by atomic mass is 9.98. The van der Waals surface area contributed by atoms with Gasteiger partial charge in [-0.05, 0) is 74.1 Å². The van der Waals surface area contributed by atoms with Crippen LogP contribution in [-0.2, 0) is 9.53 Å². The van der Waals surface area contributed by atoms with Crippen LogP contribution in [0.3, 0.4) is 0 Å². The van der Waals surface area contributed by atoms with Crippen LogP contribution in [-0.4, -0.2) is 13.1 Å². The summed E-state index contributed by atoms with van der Waals surface area (Å²) in [6.07, 6.45) is 7.75. The van der Waals surface area contributed by atoms with E-state index < -0.39 is 5.97 Å². The van der Waals surface area contributed by atoms with Crippen molar-refractivity contribution in [3.05, 3.63) is 74.6 Å². The quantitative estimate of drug-likeness (QED) is 0.354. The Hall–Kier alpha value is -2.13. The highest BCUT2D eigenvalue weighted by atomic mass is 35.5. The molecule has 0 amide bonds. The number of esters is 1. The number of halogens is 2. The Kier molecular flexibility index (Phi) is 7.85. The van der Waals surface area contributed by atoms with Crippen LogP contribution in [0.2, 0.25) is 5.02 Å². The molecule has 134 valence electrons. The number of methoxy groups -OCH3 is 1. The van der Waals surface area contributed by atoms with Crippen molar-refractivity contribution in [2.24, 2.45) is 0 Å². The zero-order valence-corrected chi connectivity index (χ0v) is 16.3. The van der Waals surface area contributed by atoms with E-state index in [0.29, 0.717) is 11.1 Å². The predicted octanol–water partition coefficient (Wildman–Crippen LogP) is 6.20. The van der Waals surface area contributed by atoms with E-state index in [1.54, 1.807) is 19.9 Å². The Morgan fingerprint density at radius 3 is 2.36 bits per heavy atom. The third-order valence-electron chi connectivity index (χ3n) is 3.85. The first kappa shape index (κ1) is 20.9. The summed E-state index contributed by atoms with van der Waals surface area (Å²) in [4.78, 5) is 11.1. The van der Waals surface area contributed by atoms with Gasteiger partial charge in [0.1, 0.15) is 5.83 Å². The highest BCUT2D eigenvalue weighted by Gasteiger charge is 2.07. The van der Waals surface area contributed by atoms with Crippen LogP contribution >= 0.6 is 11.6 Å². The van der Waals surface area contributed by atoms with E-state index in [-0.39, 0.29) is 5.83 Å². The fraction of sp³-hybridized carbons (Fsp3) is 0.286. The number of rotatable bonds is 5. The van der Waals surface area contributed by atoms with Gasteiger partial charge in [-0.2, -0.15) is 0 Å². The van der Waals surface area contributed by atoms with Crippen LogP contribution < -0.4 is 0 Å². The summed E-state index contributed by atoms with van der Waals surface area (Å²) in [5, 5.41) is 0.732. The minimum Gasteiger partial charge on any atom is -0.466 e. The summed E-state index contributed by atoms with van der Waals surface area (Å²) in [7, 11) is 1.30. The molecule has 1 aromatic carbocycles. The molecule has 0 fully saturated rings. The van der Waals surface area contributed by atoms with Gasteiger partial charge in [0.2, 0.25) is 0 Å². The van der Waals surface area contributed by atoms with Gasteiger partial charge in [0.15, 0.2) is 0 Å². The molecule has 0 aromatic heterocycles. The van der Waals surface area contributed by atoms with Gasteiger partial charge >= 0.3 is 5.97 Å². The van der Waals surface area contributed by atoms with Crippen molar-refractivity contribution in [3.63, 3.8) is 0 Å². The molecular formula is C21H24ClFO2. The number of hydrogen-bond acceptors (Lipinski definition) is 2. The molecule has 1 rings (SSSR count). The summed E-state index contributed by atoms with van der Waals surface area (Å²) in [6.45, 7) is 9.32. The van der Waals surface area contributed by atoms with E-state index >= 15 is 0 Å². The standard InChI is InChI=1S/C21H24ClFO2/c1-13(11-20(24)25-6)7-10-19(23)14(2)8-9-18-15(3)12-16(4)21(22)17(18)5/h7-12H,1-6H3. The van der Waals surface area contributed by atoms with E-state index in [1.807, 2.05) is 32.9 Å². The lowest BCUT2D eigenvalue weighted by Crippen LogP contribution is -1.94. The van der Waals surface area contributed by atoms with Crippen molar-refractivity contribution in [2.75, 3.05) is 7.11 Å². The topological polar surface area (TPSA) is 26.3 Å². The number of allylic oxidation sites excluding steroid dienone is 6. The molecule has 0 N–H and O–H groups in total. The number of carbonyl (C=O) groups excluding carboxylic acids is 1. The maximum atomic E-state index is 14.2. The van der Waals surface area contributed by atoms with Gasteiger partial charge in [-0.15, -0.1) is 0 Å². The Balaban J connectivity index is 3.04. The molecule has 1 aromatic rings. The third-order valence-corrected chi connectivity index (χ3v) is 4.43. The first-order chi connectivity index (χ1) is 11.7. The zero-order chi connectivity index (χ0) is 19.1. The Bertz CT molecular complexity index is 784. The van der Waals surface area contributed by atoms with Gasteiger partial charge < -0.3 is 4.74 Å². The first-order valence-electron chi connectivity index (χ1n) is 7.92. The summed E-state index contributed by atoms with van der Waals surface area (Å²) < 4.78 is 18.7. The van der Waals surface area contributed by atoms with Crippen LogP contribution in [0.5, 0.6) is 0 Å². The minimum absolute atomic E-state index is 0.373. The highest BCUT2D eigenvalue weighted by Crippen LogP contribution is 2.28. The molecule has 0 atom stereocenters. The normalized spacial score (nSPS) is 13.5. The van der Waals surface area contributed by atoms with Crippen LogP contribution in [0.25, 0.3) is 6.08 Å². The molecule has 0 unspecified atom stereocenters. The Morgan fingerprint density at radius 2 is 1.76 bits per heavy atom. The zero-order valence-electron chi connectivity index (χ0n) is 15.5. The average molecular weight is 363 g/mol. The van der Waals surface area contributed by atoms with Crippen LogP contribution in [0.15, 0.2) is 47.3 Å². The lowest BCUT2D eigenvalue weighted by Gasteiger charge is -2.10. The lowest BCUT2D eigenvalue weighted by molar-refractivity contribution is -0.134. The second kappa shape index (κ2) is 9.38. The first-order valence-corrected chi connectivity index (χ1v) is 8.30. The molecule has 25 heavy (non-hydrogen) atoms. The van der Waals surface area contributed by atoms with Crippen molar-refractivity contribution in [1.29, 1.82) is 0 Å². The molecule has 4 heteroatoms. The largest absolute Gasteiger partial charge is 0.466 e. The van der Waals surface area contributed by atoms with Gasteiger partial charge in [-0.3, -0.25) is 0 Å². The van der Waals surface area contributed by atoms with E-state index in [2.05, 4.69) is 4.74 Å². The molecule has 0 radical (unpaired) electrons. The molecule has 0 aliphatic heterocycles. The molecule has 0 heterocycles. The van der Waals surface area contributed by atoms with Crippen molar-refractivity contribution < 1.29 is 13.9 Å². The number of hydrogen-bond donors (Lipinski definition) is 0. The van der Waals surface area contributed by atoms with Crippen molar-refractivity contribution >= 4 is 23.6 Å². The molecule has 0 aliphatic carbocycles. The monoisotopic (exact) mass is 362 g/mol. The van der Waals surface area contributed by atoms with Crippen molar-refractivity contribution in [1.82, 2.24) is 0 Å². The third kappa shape index (κ3) is 6.02. The second-order valence-electron chi connectivity index (χ2n) is 5.97. The number of carbonyl (C=O) groups is 1. The maximum Gasteiger partial charge on any atom is 0.330 e. The van der Waals surface area contributed by atoms with E-state index in [4.69, 9.17) is 11.6 Å². The summed E-state index contributed by atoms with van der Waals surface area (Å²) in [5.74, 6) is -0.840. The van der Waals surface area contributed by atoms with Crippen LogP contribution in [0, 0.1) is 20.8 Å². The summed E-state index contributed by atoms with van der Waals surface area (Å²) in [6, 6.07) is 2.02. The van der Waals surface area contributed by atoms with Gasteiger partial charge in [0, 0.05) is 11.1 Å². The van der Waals surface area contributed by atoms with Gasteiger partial charge in [0.05, 0.1) is 7.11 Å². The SMILES string of the molecule is COC(=O)C=C(C)C=CC(F)=C(C)C=Cc1c(C)cc(C)c(Cl)c1C. The summed E-state index contributed by atoms with van der Waals surface area (Å²) in [5.41, 5.74) is 5.19. The summed E-state index contributed by atoms with van der Waals surface area (Å²) >= 11 is 6.30. The minimum atomic E-state index is -0.467. The Labute approximate surface area is 154 Å².